The molecule has 14 heavy (non-hydrogen) atoms. The number of nitrogens with zero attached hydrogens (tertiary/aromatic N) is 1. The van der Waals surface area contributed by atoms with Gasteiger partial charge in [0.05, 0.1) is 12.6 Å². The van der Waals surface area contributed by atoms with Gasteiger partial charge in [-0.15, -0.1) is 0 Å². The van der Waals surface area contributed by atoms with Crippen LogP contribution in [0.2, 0.25) is 0 Å². The van der Waals surface area contributed by atoms with E-state index >= 15 is 0 Å². The largest absolute Gasteiger partial charge is 0.496 e. The Bertz CT molecular complexity index is 483. The maximum Gasteiger partial charge on any atom is 0.128 e. The molecule has 2 nitrogen and oxygen atoms in total. The number of fused-ring (bicyclic) bond motifs is 1. The van der Waals surface area contributed by atoms with Crippen LogP contribution in [0.5, 0.6) is 5.75 Å². The minimum atomic E-state index is 0.953. The lowest BCUT2D eigenvalue weighted by molar-refractivity contribution is 0.420. The first-order valence-corrected chi connectivity index (χ1v) is 4.74. The molecule has 0 amide bonds. The zero-order chi connectivity index (χ0) is 10.3. The summed E-state index contributed by atoms with van der Waals surface area (Å²) < 4.78 is 7.54. The van der Waals surface area contributed by atoms with Gasteiger partial charge < -0.3 is 9.30 Å². The summed E-state index contributed by atoms with van der Waals surface area (Å²) >= 11 is 0. The molecule has 2 heteroatoms. The second-order valence-electron chi connectivity index (χ2n) is 3.69. The first-order chi connectivity index (χ1) is 6.65. The monoisotopic (exact) mass is 189 g/mol. The smallest absolute Gasteiger partial charge is 0.128 e. The molecule has 0 atom stereocenters. The van der Waals surface area contributed by atoms with Crippen molar-refractivity contribution in [3.63, 3.8) is 0 Å². The third-order valence-electron chi connectivity index (χ3n) is 2.82. The molecular formula is C12H15NO. The summed E-state index contributed by atoms with van der Waals surface area (Å²) in [5, 5.41) is 1.20. The Balaban J connectivity index is 2.91. The lowest BCUT2D eigenvalue weighted by atomic mass is 10.1. The zero-order valence-electron chi connectivity index (χ0n) is 9.09. The van der Waals surface area contributed by atoms with E-state index in [4.69, 9.17) is 4.74 Å². The van der Waals surface area contributed by atoms with Crippen LogP contribution in [0.4, 0.5) is 0 Å². The summed E-state index contributed by atoms with van der Waals surface area (Å²) in [6.45, 7) is 4.24. The molecule has 0 unspecified atom stereocenters. The Hall–Kier alpha value is -1.44. The lowest BCUT2D eigenvalue weighted by Gasteiger charge is -2.05. The average Bonchev–Trinajstić information content (AvgIpc) is 2.45. The van der Waals surface area contributed by atoms with Crippen LogP contribution >= 0.6 is 0 Å². The van der Waals surface area contributed by atoms with Gasteiger partial charge in [-0.3, -0.25) is 0 Å². The molecule has 0 bridgehead atoms. The number of methoxy groups -OCH3 is 1. The predicted molar refractivity (Wildman–Crippen MR) is 58.9 cm³/mol. The number of ether oxygens (including phenoxy) is 1. The Morgan fingerprint density at radius 1 is 1.21 bits per heavy atom. The Labute approximate surface area is 84.1 Å². The van der Waals surface area contributed by atoms with Gasteiger partial charge in [0.25, 0.3) is 0 Å². The standard InChI is InChI=1S/C12H15NO/c1-8-5-6-11(14-4)10-7-9(2)13(3)12(8)10/h5-7H,1-4H3. The van der Waals surface area contributed by atoms with Crippen molar-refractivity contribution in [1.82, 2.24) is 4.57 Å². The van der Waals surface area contributed by atoms with Crippen molar-refractivity contribution in [2.24, 2.45) is 7.05 Å². The highest BCUT2D eigenvalue weighted by molar-refractivity contribution is 5.89. The number of rotatable bonds is 1. The quantitative estimate of drug-likeness (QED) is 0.672. The molecule has 0 aliphatic carbocycles. The van der Waals surface area contributed by atoms with Gasteiger partial charge >= 0.3 is 0 Å². The predicted octanol–water partition coefficient (Wildman–Crippen LogP) is 2.80. The van der Waals surface area contributed by atoms with E-state index in [0.29, 0.717) is 0 Å². The number of hydrogen-bond acceptors (Lipinski definition) is 1. The summed E-state index contributed by atoms with van der Waals surface area (Å²) in [5.74, 6) is 0.953. The van der Waals surface area contributed by atoms with Gasteiger partial charge in [-0.2, -0.15) is 0 Å². The summed E-state index contributed by atoms with van der Waals surface area (Å²) in [7, 11) is 3.80. The summed E-state index contributed by atoms with van der Waals surface area (Å²) in [4.78, 5) is 0. The Morgan fingerprint density at radius 2 is 1.93 bits per heavy atom. The SMILES string of the molecule is COc1ccc(C)c2c1cc(C)n2C. The van der Waals surface area contributed by atoms with Crippen LogP contribution in [0, 0.1) is 13.8 Å². The molecule has 0 radical (unpaired) electrons. The van der Waals surface area contributed by atoms with Gasteiger partial charge in [0.1, 0.15) is 5.75 Å². The third-order valence-corrected chi connectivity index (χ3v) is 2.82. The zero-order valence-corrected chi connectivity index (χ0v) is 9.09. The van der Waals surface area contributed by atoms with E-state index in [-0.39, 0.29) is 0 Å². The fourth-order valence-electron chi connectivity index (χ4n) is 1.94. The van der Waals surface area contributed by atoms with Crippen molar-refractivity contribution in [1.29, 1.82) is 0 Å². The highest BCUT2D eigenvalue weighted by Gasteiger charge is 2.09. The second kappa shape index (κ2) is 3.05. The van der Waals surface area contributed by atoms with E-state index in [1.807, 2.05) is 6.07 Å². The maximum absolute atomic E-state index is 5.34. The van der Waals surface area contributed by atoms with Crippen LogP contribution < -0.4 is 4.74 Å². The van der Waals surface area contributed by atoms with Crippen LogP contribution in [0.1, 0.15) is 11.3 Å². The molecule has 0 saturated heterocycles. The van der Waals surface area contributed by atoms with Gasteiger partial charge in [0.2, 0.25) is 0 Å². The lowest BCUT2D eigenvalue weighted by Crippen LogP contribution is -1.92. The molecule has 0 aliphatic heterocycles. The molecule has 1 aromatic carbocycles. The normalized spacial score (nSPS) is 10.9. The summed E-state index contributed by atoms with van der Waals surface area (Å²) in [6, 6.07) is 6.29. The van der Waals surface area contributed by atoms with Crippen molar-refractivity contribution in [2.75, 3.05) is 7.11 Å². The Morgan fingerprint density at radius 3 is 2.57 bits per heavy atom. The summed E-state index contributed by atoms with van der Waals surface area (Å²) in [6.07, 6.45) is 0. The van der Waals surface area contributed by atoms with E-state index < -0.39 is 0 Å². The highest BCUT2D eigenvalue weighted by Crippen LogP contribution is 2.30. The molecule has 2 aromatic rings. The van der Waals surface area contributed by atoms with E-state index in [2.05, 4.69) is 37.6 Å². The average molecular weight is 189 g/mol. The van der Waals surface area contributed by atoms with Gasteiger partial charge in [-0.1, -0.05) is 6.07 Å². The minimum Gasteiger partial charge on any atom is -0.496 e. The third kappa shape index (κ3) is 1.10. The van der Waals surface area contributed by atoms with Crippen molar-refractivity contribution in [3.8, 4) is 5.75 Å². The molecule has 1 aromatic heterocycles. The molecule has 74 valence electrons. The van der Waals surface area contributed by atoms with E-state index in [9.17, 15) is 0 Å². The summed E-state index contributed by atoms with van der Waals surface area (Å²) in [5.41, 5.74) is 3.81. The second-order valence-corrected chi connectivity index (χ2v) is 3.69. The van der Waals surface area contributed by atoms with Crippen molar-refractivity contribution < 1.29 is 4.74 Å². The number of aromatic nitrogens is 1. The van der Waals surface area contributed by atoms with E-state index in [0.717, 1.165) is 5.75 Å². The van der Waals surface area contributed by atoms with Gasteiger partial charge in [0.15, 0.2) is 0 Å². The van der Waals surface area contributed by atoms with Crippen molar-refractivity contribution in [3.05, 3.63) is 29.5 Å². The molecular weight excluding hydrogens is 174 g/mol. The van der Waals surface area contributed by atoms with E-state index in [1.54, 1.807) is 7.11 Å². The first-order valence-electron chi connectivity index (χ1n) is 4.74. The number of benzene rings is 1. The van der Waals surface area contributed by atoms with Gasteiger partial charge in [0, 0.05) is 18.1 Å². The first kappa shape index (κ1) is 9.13. The van der Waals surface area contributed by atoms with Crippen LogP contribution in [-0.4, -0.2) is 11.7 Å². The maximum atomic E-state index is 5.34. The minimum absolute atomic E-state index is 0.953. The van der Waals surface area contributed by atoms with Crippen LogP contribution in [0.15, 0.2) is 18.2 Å². The fourth-order valence-corrected chi connectivity index (χ4v) is 1.94. The van der Waals surface area contributed by atoms with Gasteiger partial charge in [-0.25, -0.2) is 0 Å². The molecule has 0 fully saturated rings. The van der Waals surface area contributed by atoms with Crippen molar-refractivity contribution in [2.45, 2.75) is 13.8 Å². The molecule has 1 heterocycles. The molecule has 0 N–H and O–H groups in total. The number of hydrogen-bond donors (Lipinski definition) is 0. The molecule has 0 aliphatic rings. The van der Waals surface area contributed by atoms with Crippen LogP contribution in [0.3, 0.4) is 0 Å². The molecule has 0 saturated carbocycles. The highest BCUT2D eigenvalue weighted by atomic mass is 16.5. The Kier molecular flexibility index (Phi) is 1.99. The van der Waals surface area contributed by atoms with Crippen molar-refractivity contribution >= 4 is 10.9 Å². The van der Waals surface area contributed by atoms with Gasteiger partial charge in [-0.05, 0) is 31.5 Å². The van der Waals surface area contributed by atoms with E-state index in [1.165, 1.54) is 22.2 Å². The molecule has 2 rings (SSSR count). The van der Waals surface area contributed by atoms with Crippen LogP contribution in [0.25, 0.3) is 10.9 Å². The molecule has 0 spiro atoms. The topological polar surface area (TPSA) is 14.2 Å². The number of aryl methyl sites for hydroxylation is 3. The van der Waals surface area contributed by atoms with Crippen LogP contribution in [-0.2, 0) is 7.05 Å². The fraction of sp³-hybridized carbons (Fsp3) is 0.333.